The Labute approximate surface area is 108 Å². The van der Waals surface area contributed by atoms with Crippen molar-refractivity contribution in [1.82, 2.24) is 4.90 Å². The van der Waals surface area contributed by atoms with Crippen molar-refractivity contribution in [3.63, 3.8) is 0 Å². The van der Waals surface area contributed by atoms with Gasteiger partial charge in [-0.25, -0.2) is 8.78 Å². The SMILES string of the molecule is C[C@H](Nc1c(F)cc([N+](=O)[O-])cc1F)C(=O)N(C)C. The number of hydrogen-bond acceptors (Lipinski definition) is 4. The number of carbonyl (C=O) groups excluding carboxylic acids is 1. The monoisotopic (exact) mass is 273 g/mol. The second-order valence-electron chi connectivity index (χ2n) is 4.14. The summed E-state index contributed by atoms with van der Waals surface area (Å²) in [6, 6.07) is 0.330. The molecule has 0 aliphatic heterocycles. The number of carbonyl (C=O) groups is 1. The summed E-state index contributed by atoms with van der Waals surface area (Å²) in [6.07, 6.45) is 0. The van der Waals surface area contributed by atoms with Gasteiger partial charge in [-0.2, -0.15) is 0 Å². The minimum absolute atomic E-state index is 0.378. The van der Waals surface area contributed by atoms with E-state index < -0.39 is 34.0 Å². The predicted molar refractivity (Wildman–Crippen MR) is 64.8 cm³/mol. The maximum absolute atomic E-state index is 13.6. The number of nitro benzene ring substituents is 1. The largest absolute Gasteiger partial charge is 0.369 e. The highest BCUT2D eigenvalue weighted by Gasteiger charge is 2.21. The van der Waals surface area contributed by atoms with Gasteiger partial charge in [-0.05, 0) is 6.92 Å². The van der Waals surface area contributed by atoms with E-state index in [1.165, 1.54) is 25.9 Å². The summed E-state index contributed by atoms with van der Waals surface area (Å²) in [5.41, 5.74) is -1.25. The Bertz CT molecular complexity index is 497. The number of anilines is 1. The summed E-state index contributed by atoms with van der Waals surface area (Å²) in [5, 5.41) is 12.8. The second kappa shape index (κ2) is 5.59. The van der Waals surface area contributed by atoms with Gasteiger partial charge in [0, 0.05) is 14.1 Å². The Morgan fingerprint density at radius 1 is 1.37 bits per heavy atom. The van der Waals surface area contributed by atoms with Crippen molar-refractivity contribution in [1.29, 1.82) is 0 Å². The molecule has 1 N–H and O–H groups in total. The summed E-state index contributed by atoms with van der Waals surface area (Å²) in [4.78, 5) is 22.3. The molecule has 104 valence electrons. The number of halogens is 2. The number of hydrogen-bond donors (Lipinski definition) is 1. The molecule has 0 heterocycles. The lowest BCUT2D eigenvalue weighted by atomic mass is 10.2. The van der Waals surface area contributed by atoms with E-state index in [2.05, 4.69) is 5.32 Å². The van der Waals surface area contributed by atoms with Crippen LogP contribution < -0.4 is 5.32 Å². The molecule has 1 aromatic rings. The number of likely N-dealkylation sites (N-methyl/N-ethyl adjacent to an activating group) is 1. The summed E-state index contributed by atoms with van der Waals surface area (Å²) < 4.78 is 27.1. The molecule has 0 aromatic heterocycles. The van der Waals surface area contributed by atoms with Crippen LogP contribution in [0.15, 0.2) is 12.1 Å². The fourth-order valence-corrected chi connectivity index (χ4v) is 1.47. The van der Waals surface area contributed by atoms with Crippen LogP contribution >= 0.6 is 0 Å². The van der Waals surface area contributed by atoms with Crippen LogP contribution in [0.25, 0.3) is 0 Å². The van der Waals surface area contributed by atoms with Gasteiger partial charge in [0.05, 0.1) is 17.1 Å². The molecule has 0 spiro atoms. The standard InChI is InChI=1S/C11H13F2N3O3/c1-6(11(17)15(2)3)14-10-8(12)4-7(16(18)19)5-9(10)13/h4-6,14H,1-3H3/t6-/m0/s1. The molecule has 19 heavy (non-hydrogen) atoms. The topological polar surface area (TPSA) is 75.5 Å². The molecule has 0 saturated heterocycles. The first-order chi connectivity index (χ1) is 8.73. The average molecular weight is 273 g/mol. The molecular formula is C11H13F2N3O3. The fourth-order valence-electron chi connectivity index (χ4n) is 1.47. The smallest absolute Gasteiger partial charge is 0.275 e. The molecule has 0 saturated carbocycles. The van der Waals surface area contributed by atoms with Crippen LogP contribution in [0.2, 0.25) is 0 Å². The van der Waals surface area contributed by atoms with Gasteiger partial charge in [0.15, 0.2) is 11.6 Å². The highest BCUT2D eigenvalue weighted by molar-refractivity contribution is 5.84. The Kier molecular flexibility index (Phi) is 4.36. The lowest BCUT2D eigenvalue weighted by molar-refractivity contribution is -0.385. The number of nitro groups is 1. The molecule has 1 rings (SSSR count). The zero-order chi connectivity index (χ0) is 14.7. The van der Waals surface area contributed by atoms with Gasteiger partial charge in [-0.15, -0.1) is 0 Å². The molecule has 0 aliphatic rings. The molecule has 8 heteroatoms. The van der Waals surface area contributed by atoms with Crippen molar-refractivity contribution in [3.8, 4) is 0 Å². The lowest BCUT2D eigenvalue weighted by Crippen LogP contribution is -2.37. The summed E-state index contributed by atoms with van der Waals surface area (Å²) in [6.45, 7) is 1.43. The first kappa shape index (κ1) is 14.8. The van der Waals surface area contributed by atoms with Gasteiger partial charge in [0.2, 0.25) is 5.91 Å². The van der Waals surface area contributed by atoms with Gasteiger partial charge in [0.25, 0.3) is 5.69 Å². The van der Waals surface area contributed by atoms with Crippen molar-refractivity contribution in [3.05, 3.63) is 33.9 Å². The Morgan fingerprint density at radius 2 is 1.84 bits per heavy atom. The minimum atomic E-state index is -1.12. The first-order valence-electron chi connectivity index (χ1n) is 5.35. The highest BCUT2D eigenvalue weighted by atomic mass is 19.1. The van der Waals surface area contributed by atoms with Crippen LogP contribution in [-0.4, -0.2) is 35.9 Å². The first-order valence-corrected chi connectivity index (χ1v) is 5.35. The van der Waals surface area contributed by atoms with Crippen LogP contribution in [0.4, 0.5) is 20.2 Å². The molecule has 0 bridgehead atoms. The van der Waals surface area contributed by atoms with E-state index in [0.29, 0.717) is 12.1 Å². The van der Waals surface area contributed by atoms with Gasteiger partial charge < -0.3 is 10.2 Å². The Hall–Kier alpha value is -2.25. The second-order valence-corrected chi connectivity index (χ2v) is 4.14. The molecule has 0 unspecified atom stereocenters. The van der Waals surface area contributed by atoms with Crippen molar-refractivity contribution in [2.45, 2.75) is 13.0 Å². The summed E-state index contributed by atoms with van der Waals surface area (Å²) in [7, 11) is 3.01. The van der Waals surface area contributed by atoms with E-state index in [1.807, 2.05) is 0 Å². The molecule has 1 aromatic carbocycles. The molecule has 0 aliphatic carbocycles. The maximum Gasteiger partial charge on any atom is 0.275 e. The van der Waals surface area contributed by atoms with Gasteiger partial charge in [-0.1, -0.05) is 0 Å². The zero-order valence-corrected chi connectivity index (χ0v) is 10.6. The van der Waals surface area contributed by atoms with E-state index in [0.717, 1.165) is 0 Å². The summed E-state index contributed by atoms with van der Waals surface area (Å²) in [5.74, 6) is -2.62. The average Bonchev–Trinajstić information content (AvgIpc) is 2.31. The zero-order valence-electron chi connectivity index (χ0n) is 10.6. The quantitative estimate of drug-likeness (QED) is 0.670. The number of non-ortho nitro benzene ring substituents is 1. The third-order valence-corrected chi connectivity index (χ3v) is 2.41. The van der Waals surface area contributed by atoms with Crippen LogP contribution in [0.3, 0.4) is 0 Å². The van der Waals surface area contributed by atoms with E-state index >= 15 is 0 Å². The van der Waals surface area contributed by atoms with Gasteiger partial charge in [0.1, 0.15) is 11.7 Å². The van der Waals surface area contributed by atoms with Crippen molar-refractivity contribution in [2.24, 2.45) is 0 Å². The van der Waals surface area contributed by atoms with Crippen LogP contribution in [0.5, 0.6) is 0 Å². The third kappa shape index (κ3) is 3.36. The number of nitrogens with zero attached hydrogens (tertiary/aromatic N) is 2. The third-order valence-electron chi connectivity index (χ3n) is 2.41. The Morgan fingerprint density at radius 3 is 2.21 bits per heavy atom. The fraction of sp³-hybridized carbons (Fsp3) is 0.364. The Balaban J connectivity index is 3.03. The normalized spacial score (nSPS) is 11.8. The molecular weight excluding hydrogens is 260 g/mol. The number of benzene rings is 1. The molecule has 0 radical (unpaired) electrons. The van der Waals surface area contributed by atoms with Crippen molar-refractivity contribution < 1.29 is 18.5 Å². The van der Waals surface area contributed by atoms with Gasteiger partial charge in [-0.3, -0.25) is 14.9 Å². The van der Waals surface area contributed by atoms with E-state index in [9.17, 15) is 23.7 Å². The van der Waals surface area contributed by atoms with E-state index in [-0.39, 0.29) is 5.91 Å². The van der Waals surface area contributed by atoms with Crippen LogP contribution in [-0.2, 0) is 4.79 Å². The van der Waals surface area contributed by atoms with Crippen LogP contribution in [0, 0.1) is 21.7 Å². The number of nitrogens with one attached hydrogen (secondary N) is 1. The van der Waals surface area contributed by atoms with Crippen molar-refractivity contribution in [2.75, 3.05) is 19.4 Å². The number of rotatable bonds is 4. The van der Waals surface area contributed by atoms with E-state index in [4.69, 9.17) is 0 Å². The summed E-state index contributed by atoms with van der Waals surface area (Å²) >= 11 is 0. The minimum Gasteiger partial charge on any atom is -0.369 e. The molecule has 6 nitrogen and oxygen atoms in total. The lowest BCUT2D eigenvalue weighted by Gasteiger charge is -2.19. The molecule has 0 fully saturated rings. The molecule has 1 atom stereocenters. The van der Waals surface area contributed by atoms with Gasteiger partial charge >= 0.3 is 0 Å². The maximum atomic E-state index is 13.6. The van der Waals surface area contributed by atoms with Crippen LogP contribution in [0.1, 0.15) is 6.92 Å². The van der Waals surface area contributed by atoms with Crippen molar-refractivity contribution >= 4 is 17.3 Å². The predicted octanol–water partition coefficient (Wildman–Crippen LogP) is 1.76. The molecule has 1 amide bonds. The van der Waals surface area contributed by atoms with E-state index in [1.54, 1.807) is 0 Å². The number of amides is 1. The highest BCUT2D eigenvalue weighted by Crippen LogP contribution is 2.25.